The first-order valence-electron chi connectivity index (χ1n) is 6.83. The molecule has 2 rings (SSSR count). The van der Waals surface area contributed by atoms with Crippen LogP contribution in [0, 0.1) is 0 Å². The van der Waals surface area contributed by atoms with Gasteiger partial charge in [0.2, 0.25) is 5.91 Å². The average Bonchev–Trinajstić information content (AvgIpc) is 2.93. The summed E-state index contributed by atoms with van der Waals surface area (Å²) in [5.74, 6) is 0.834. The Bertz CT molecular complexity index is 411. The minimum Gasteiger partial charge on any atom is -0.497 e. The van der Waals surface area contributed by atoms with Crippen molar-refractivity contribution in [1.29, 1.82) is 0 Å². The second kappa shape index (κ2) is 6.57. The molecule has 0 radical (unpaired) electrons. The lowest BCUT2D eigenvalue weighted by Crippen LogP contribution is -2.36. The van der Waals surface area contributed by atoms with Gasteiger partial charge in [-0.05, 0) is 44.2 Å². The molecule has 0 saturated heterocycles. The lowest BCUT2D eigenvalue weighted by Gasteiger charge is -2.23. The number of nitrogens with zero attached hydrogens (tertiary/aromatic N) is 1. The molecule has 0 atom stereocenters. The Morgan fingerprint density at radius 3 is 2.53 bits per heavy atom. The molecular weight excluding hydrogens is 240 g/mol. The van der Waals surface area contributed by atoms with Crippen molar-refractivity contribution in [3.8, 4) is 5.75 Å². The third-order valence-corrected chi connectivity index (χ3v) is 3.71. The van der Waals surface area contributed by atoms with Crippen molar-refractivity contribution in [3.63, 3.8) is 0 Å². The Morgan fingerprint density at radius 1 is 1.32 bits per heavy atom. The molecule has 1 fully saturated rings. The molecule has 4 nitrogen and oxygen atoms in total. The van der Waals surface area contributed by atoms with Gasteiger partial charge in [0.1, 0.15) is 5.75 Å². The van der Waals surface area contributed by atoms with Crippen molar-refractivity contribution in [3.05, 3.63) is 24.3 Å². The maximum absolute atomic E-state index is 12.0. The van der Waals surface area contributed by atoms with Crippen LogP contribution in [-0.4, -0.2) is 37.6 Å². The smallest absolute Gasteiger partial charge is 0.238 e. The Morgan fingerprint density at radius 2 is 1.95 bits per heavy atom. The van der Waals surface area contributed by atoms with Gasteiger partial charge in [-0.15, -0.1) is 0 Å². The van der Waals surface area contributed by atoms with Gasteiger partial charge in [-0.1, -0.05) is 12.8 Å². The normalized spacial score (nSPS) is 15.7. The number of ether oxygens (including phenoxy) is 1. The monoisotopic (exact) mass is 262 g/mol. The third kappa shape index (κ3) is 3.96. The summed E-state index contributed by atoms with van der Waals surface area (Å²) in [7, 11) is 3.66. The van der Waals surface area contributed by atoms with Crippen LogP contribution >= 0.6 is 0 Å². The van der Waals surface area contributed by atoms with E-state index >= 15 is 0 Å². The molecule has 0 unspecified atom stereocenters. The molecule has 1 aliphatic rings. The maximum Gasteiger partial charge on any atom is 0.238 e. The van der Waals surface area contributed by atoms with Gasteiger partial charge < -0.3 is 10.1 Å². The van der Waals surface area contributed by atoms with Crippen LogP contribution in [0.4, 0.5) is 5.69 Å². The van der Waals surface area contributed by atoms with Crippen LogP contribution in [0.5, 0.6) is 5.75 Å². The molecule has 0 aromatic heterocycles. The summed E-state index contributed by atoms with van der Waals surface area (Å²) in [4.78, 5) is 14.1. The number of benzene rings is 1. The largest absolute Gasteiger partial charge is 0.497 e. The second-order valence-corrected chi connectivity index (χ2v) is 5.13. The summed E-state index contributed by atoms with van der Waals surface area (Å²) in [6.45, 7) is 0.455. The van der Waals surface area contributed by atoms with Crippen molar-refractivity contribution in [2.45, 2.75) is 31.7 Å². The minimum atomic E-state index is 0.0413. The molecule has 0 bridgehead atoms. The Hall–Kier alpha value is -1.55. The van der Waals surface area contributed by atoms with Gasteiger partial charge in [0.25, 0.3) is 0 Å². The first-order chi connectivity index (χ1) is 9.19. The van der Waals surface area contributed by atoms with Crippen LogP contribution in [0.25, 0.3) is 0 Å². The van der Waals surface area contributed by atoms with Gasteiger partial charge in [-0.3, -0.25) is 9.69 Å². The van der Waals surface area contributed by atoms with Crippen LogP contribution in [0.2, 0.25) is 0 Å². The number of hydrogen-bond donors (Lipinski definition) is 1. The number of rotatable bonds is 5. The highest BCUT2D eigenvalue weighted by atomic mass is 16.5. The minimum absolute atomic E-state index is 0.0413. The van der Waals surface area contributed by atoms with Crippen molar-refractivity contribution in [2.75, 3.05) is 26.0 Å². The van der Waals surface area contributed by atoms with Crippen LogP contribution in [0.3, 0.4) is 0 Å². The van der Waals surface area contributed by atoms with E-state index in [-0.39, 0.29) is 5.91 Å². The lowest BCUT2D eigenvalue weighted by molar-refractivity contribution is -0.117. The molecule has 0 heterocycles. The molecule has 1 aromatic rings. The van der Waals surface area contributed by atoms with Crippen LogP contribution in [0.1, 0.15) is 25.7 Å². The first kappa shape index (κ1) is 13.9. The van der Waals surface area contributed by atoms with Gasteiger partial charge in [0, 0.05) is 11.7 Å². The van der Waals surface area contributed by atoms with E-state index in [0.29, 0.717) is 12.6 Å². The number of carbonyl (C=O) groups is 1. The average molecular weight is 262 g/mol. The fourth-order valence-electron chi connectivity index (χ4n) is 2.58. The zero-order chi connectivity index (χ0) is 13.7. The standard InChI is InChI=1S/C15H22N2O2/c1-17(13-5-3-4-6-13)11-15(18)16-12-7-9-14(19-2)10-8-12/h7-10,13H,3-6,11H2,1-2H3,(H,16,18). The van der Waals surface area contributed by atoms with Crippen molar-refractivity contribution in [2.24, 2.45) is 0 Å². The Kier molecular flexibility index (Phi) is 4.80. The summed E-state index contributed by atoms with van der Waals surface area (Å²) in [6.07, 6.45) is 5.00. The summed E-state index contributed by atoms with van der Waals surface area (Å²) in [6, 6.07) is 7.96. The van der Waals surface area contributed by atoms with E-state index < -0.39 is 0 Å². The molecule has 4 heteroatoms. The summed E-state index contributed by atoms with van der Waals surface area (Å²) < 4.78 is 5.09. The van der Waals surface area contributed by atoms with E-state index in [2.05, 4.69) is 10.2 Å². The summed E-state index contributed by atoms with van der Waals surface area (Å²) >= 11 is 0. The molecule has 1 aliphatic carbocycles. The van der Waals surface area contributed by atoms with E-state index in [1.165, 1.54) is 25.7 Å². The van der Waals surface area contributed by atoms with Gasteiger partial charge in [-0.25, -0.2) is 0 Å². The molecule has 104 valence electrons. The second-order valence-electron chi connectivity index (χ2n) is 5.13. The maximum atomic E-state index is 12.0. The van der Waals surface area contributed by atoms with Gasteiger partial charge in [0.15, 0.2) is 0 Å². The van der Waals surface area contributed by atoms with E-state index in [1.54, 1.807) is 7.11 Å². The quantitative estimate of drug-likeness (QED) is 0.886. The lowest BCUT2D eigenvalue weighted by atomic mass is 10.2. The van der Waals surface area contributed by atoms with E-state index in [4.69, 9.17) is 4.74 Å². The fourth-order valence-corrected chi connectivity index (χ4v) is 2.58. The van der Waals surface area contributed by atoms with Gasteiger partial charge >= 0.3 is 0 Å². The predicted octanol–water partition coefficient (Wildman–Crippen LogP) is 2.51. The molecule has 1 aromatic carbocycles. The zero-order valence-corrected chi connectivity index (χ0v) is 11.7. The highest BCUT2D eigenvalue weighted by Crippen LogP contribution is 2.22. The highest BCUT2D eigenvalue weighted by Gasteiger charge is 2.21. The molecule has 0 aliphatic heterocycles. The Balaban J connectivity index is 1.82. The van der Waals surface area contributed by atoms with E-state index in [1.807, 2.05) is 31.3 Å². The number of hydrogen-bond acceptors (Lipinski definition) is 3. The van der Waals surface area contributed by atoms with Crippen molar-refractivity contribution < 1.29 is 9.53 Å². The third-order valence-electron chi connectivity index (χ3n) is 3.71. The zero-order valence-electron chi connectivity index (χ0n) is 11.7. The fraction of sp³-hybridized carbons (Fsp3) is 0.533. The van der Waals surface area contributed by atoms with Crippen LogP contribution in [0.15, 0.2) is 24.3 Å². The summed E-state index contributed by atoms with van der Waals surface area (Å²) in [5.41, 5.74) is 0.811. The van der Waals surface area contributed by atoms with Crippen LogP contribution in [-0.2, 0) is 4.79 Å². The Labute approximate surface area is 114 Å². The number of anilines is 1. The first-order valence-corrected chi connectivity index (χ1v) is 6.83. The molecule has 1 amide bonds. The molecule has 1 saturated carbocycles. The number of amides is 1. The predicted molar refractivity (Wildman–Crippen MR) is 76.5 cm³/mol. The van der Waals surface area contributed by atoms with Crippen molar-refractivity contribution >= 4 is 11.6 Å². The van der Waals surface area contributed by atoms with Gasteiger partial charge in [-0.2, -0.15) is 0 Å². The molecular formula is C15H22N2O2. The van der Waals surface area contributed by atoms with E-state index in [0.717, 1.165) is 11.4 Å². The van der Waals surface area contributed by atoms with Gasteiger partial charge in [0.05, 0.1) is 13.7 Å². The molecule has 19 heavy (non-hydrogen) atoms. The summed E-state index contributed by atoms with van der Waals surface area (Å²) in [5, 5.41) is 2.91. The molecule has 1 N–H and O–H groups in total. The SMILES string of the molecule is COc1ccc(NC(=O)CN(C)C2CCCC2)cc1. The van der Waals surface area contributed by atoms with E-state index in [9.17, 15) is 4.79 Å². The number of nitrogens with one attached hydrogen (secondary N) is 1. The highest BCUT2D eigenvalue weighted by molar-refractivity contribution is 5.92. The topological polar surface area (TPSA) is 41.6 Å². The number of likely N-dealkylation sites (N-methyl/N-ethyl adjacent to an activating group) is 1. The van der Waals surface area contributed by atoms with Crippen LogP contribution < -0.4 is 10.1 Å². The number of carbonyl (C=O) groups excluding carboxylic acids is 1. The molecule has 0 spiro atoms. The van der Waals surface area contributed by atoms with Crippen molar-refractivity contribution in [1.82, 2.24) is 4.90 Å². The number of methoxy groups -OCH3 is 1.